The molecule has 0 spiro atoms. The van der Waals surface area contributed by atoms with Crippen molar-refractivity contribution in [3.8, 4) is 0 Å². The highest BCUT2D eigenvalue weighted by Gasteiger charge is 2.26. The Morgan fingerprint density at radius 2 is 1.68 bits per heavy atom. The second-order valence-electron chi connectivity index (χ2n) is 4.10. The van der Waals surface area contributed by atoms with Crippen LogP contribution in [-0.4, -0.2) is 39.5 Å². The van der Waals surface area contributed by atoms with E-state index >= 15 is 0 Å². The van der Waals surface area contributed by atoms with Crippen molar-refractivity contribution in [2.45, 2.75) is 17.5 Å². The average molecular weight is 296 g/mol. The van der Waals surface area contributed by atoms with E-state index in [1.807, 2.05) is 0 Å². The molecular formula is C11H15F3N2O2S. The van der Waals surface area contributed by atoms with Gasteiger partial charge in [0.1, 0.15) is 0 Å². The first-order chi connectivity index (χ1) is 8.63. The molecule has 4 nitrogen and oxygen atoms in total. The van der Waals surface area contributed by atoms with Gasteiger partial charge >= 0.3 is 6.18 Å². The topological polar surface area (TPSA) is 49.4 Å². The summed E-state index contributed by atoms with van der Waals surface area (Å²) in [6.45, 7) is -0.247. The number of hydrogen-bond acceptors (Lipinski definition) is 3. The number of sulfonamides is 1. The second-order valence-corrected chi connectivity index (χ2v) is 6.26. The maximum atomic E-state index is 11.9. The molecule has 1 aromatic carbocycles. The third-order valence-electron chi connectivity index (χ3n) is 2.37. The molecule has 0 bridgehead atoms. The number of hydrogen-bond donors (Lipinski definition) is 1. The number of benzene rings is 1. The van der Waals surface area contributed by atoms with Crippen molar-refractivity contribution < 1.29 is 21.6 Å². The van der Waals surface area contributed by atoms with Gasteiger partial charge in [0.2, 0.25) is 10.0 Å². The van der Waals surface area contributed by atoms with Crippen molar-refractivity contribution in [1.82, 2.24) is 4.31 Å². The molecule has 0 aliphatic carbocycles. The van der Waals surface area contributed by atoms with Crippen LogP contribution in [0.1, 0.15) is 6.42 Å². The number of alkyl halides is 3. The minimum atomic E-state index is -4.21. The van der Waals surface area contributed by atoms with Crippen LogP contribution in [0, 0.1) is 0 Å². The Bertz CT molecular complexity index is 510. The van der Waals surface area contributed by atoms with Crippen LogP contribution in [0.2, 0.25) is 0 Å². The van der Waals surface area contributed by atoms with Crippen LogP contribution >= 0.6 is 0 Å². The Hall–Kier alpha value is -1.28. The third kappa shape index (κ3) is 4.71. The van der Waals surface area contributed by atoms with Gasteiger partial charge in [-0.05, 0) is 24.3 Å². The zero-order valence-electron chi connectivity index (χ0n) is 10.5. The lowest BCUT2D eigenvalue weighted by molar-refractivity contribution is -0.131. The Morgan fingerprint density at radius 3 is 2.11 bits per heavy atom. The molecule has 1 N–H and O–H groups in total. The van der Waals surface area contributed by atoms with Crippen LogP contribution < -0.4 is 5.32 Å². The van der Waals surface area contributed by atoms with Crippen molar-refractivity contribution in [3.05, 3.63) is 24.3 Å². The van der Waals surface area contributed by atoms with Crippen LogP contribution in [0.4, 0.5) is 18.9 Å². The van der Waals surface area contributed by atoms with Gasteiger partial charge in [0.25, 0.3) is 0 Å². The maximum Gasteiger partial charge on any atom is 0.390 e. The van der Waals surface area contributed by atoms with Gasteiger partial charge in [0, 0.05) is 26.3 Å². The van der Waals surface area contributed by atoms with Crippen LogP contribution in [0.3, 0.4) is 0 Å². The molecule has 19 heavy (non-hydrogen) atoms. The predicted octanol–water partition coefficient (Wildman–Crippen LogP) is 2.30. The highest BCUT2D eigenvalue weighted by molar-refractivity contribution is 7.89. The second kappa shape index (κ2) is 5.79. The Kier molecular flexibility index (Phi) is 4.81. The molecule has 0 aliphatic rings. The fourth-order valence-electron chi connectivity index (χ4n) is 1.30. The normalized spacial score (nSPS) is 12.7. The van der Waals surface area contributed by atoms with E-state index < -0.39 is 22.6 Å². The summed E-state index contributed by atoms with van der Waals surface area (Å²) in [6, 6.07) is 5.58. The maximum absolute atomic E-state index is 11.9. The molecule has 0 aromatic heterocycles. The molecule has 0 radical (unpaired) electrons. The highest BCUT2D eigenvalue weighted by atomic mass is 32.2. The van der Waals surface area contributed by atoms with Gasteiger partial charge in [-0.2, -0.15) is 13.2 Å². The first-order valence-electron chi connectivity index (χ1n) is 5.46. The van der Waals surface area contributed by atoms with Gasteiger partial charge in [-0.25, -0.2) is 12.7 Å². The van der Waals surface area contributed by atoms with E-state index in [2.05, 4.69) is 5.32 Å². The molecule has 0 saturated carbocycles. The first kappa shape index (κ1) is 15.8. The van der Waals surface area contributed by atoms with Crippen molar-refractivity contribution in [1.29, 1.82) is 0 Å². The van der Waals surface area contributed by atoms with Gasteiger partial charge < -0.3 is 5.32 Å². The van der Waals surface area contributed by atoms with Gasteiger partial charge in [-0.1, -0.05) is 0 Å². The SMILES string of the molecule is CN(C)S(=O)(=O)c1ccc(NCCC(F)(F)F)cc1. The monoisotopic (exact) mass is 296 g/mol. The quantitative estimate of drug-likeness (QED) is 0.907. The van der Waals surface area contributed by atoms with E-state index in [9.17, 15) is 21.6 Å². The molecule has 0 amide bonds. The van der Waals surface area contributed by atoms with Crippen LogP contribution in [0.25, 0.3) is 0 Å². The smallest absolute Gasteiger partial charge is 0.385 e. The Balaban J connectivity index is 2.68. The largest absolute Gasteiger partial charge is 0.390 e. The molecule has 0 fully saturated rings. The summed E-state index contributed by atoms with van der Waals surface area (Å²) < 4.78 is 60.4. The lowest BCUT2D eigenvalue weighted by Crippen LogP contribution is -2.22. The minimum absolute atomic E-state index is 0.0962. The van der Waals surface area contributed by atoms with E-state index in [0.29, 0.717) is 5.69 Å². The summed E-state index contributed by atoms with van der Waals surface area (Å²) in [5.41, 5.74) is 0.446. The van der Waals surface area contributed by atoms with Gasteiger partial charge in [-0.15, -0.1) is 0 Å². The molecule has 0 saturated heterocycles. The lowest BCUT2D eigenvalue weighted by atomic mass is 10.3. The van der Waals surface area contributed by atoms with Crippen LogP contribution in [0.5, 0.6) is 0 Å². The molecule has 108 valence electrons. The van der Waals surface area contributed by atoms with Gasteiger partial charge in [-0.3, -0.25) is 0 Å². The molecule has 8 heteroatoms. The number of rotatable bonds is 5. The Labute approximate surface area is 110 Å². The summed E-state index contributed by atoms with van der Waals surface area (Å²) in [5.74, 6) is 0. The zero-order valence-corrected chi connectivity index (χ0v) is 11.3. The van der Waals surface area contributed by atoms with E-state index in [4.69, 9.17) is 0 Å². The number of nitrogens with one attached hydrogen (secondary N) is 1. The fraction of sp³-hybridized carbons (Fsp3) is 0.455. The molecule has 1 rings (SSSR count). The Morgan fingerprint density at radius 1 is 1.16 bits per heavy atom. The van der Waals surface area contributed by atoms with Crippen LogP contribution in [0.15, 0.2) is 29.2 Å². The van der Waals surface area contributed by atoms with Crippen molar-refractivity contribution in [2.24, 2.45) is 0 Å². The zero-order chi connectivity index (χ0) is 14.7. The highest BCUT2D eigenvalue weighted by Crippen LogP contribution is 2.20. The molecule has 0 unspecified atom stereocenters. The fourth-order valence-corrected chi connectivity index (χ4v) is 2.21. The summed E-state index contributed by atoms with van der Waals surface area (Å²) in [5, 5.41) is 2.58. The van der Waals surface area contributed by atoms with E-state index in [1.165, 1.54) is 38.4 Å². The van der Waals surface area contributed by atoms with Gasteiger partial charge in [0.15, 0.2) is 0 Å². The summed E-state index contributed by atoms with van der Waals surface area (Å²) in [7, 11) is -0.697. The van der Waals surface area contributed by atoms with Crippen molar-refractivity contribution >= 4 is 15.7 Å². The molecule has 1 aromatic rings. The minimum Gasteiger partial charge on any atom is -0.385 e. The number of nitrogens with zero attached hydrogens (tertiary/aromatic N) is 1. The van der Waals surface area contributed by atoms with Gasteiger partial charge in [0.05, 0.1) is 11.3 Å². The lowest BCUT2D eigenvalue weighted by Gasteiger charge is -2.12. The molecule has 0 atom stereocenters. The predicted molar refractivity (Wildman–Crippen MR) is 66.5 cm³/mol. The van der Waals surface area contributed by atoms with E-state index in [1.54, 1.807) is 0 Å². The van der Waals surface area contributed by atoms with E-state index in [-0.39, 0.29) is 11.4 Å². The van der Waals surface area contributed by atoms with Crippen molar-refractivity contribution in [3.63, 3.8) is 0 Å². The standard InChI is InChI=1S/C11H15F3N2O2S/c1-16(2)19(17,18)10-5-3-9(4-6-10)15-8-7-11(12,13)14/h3-6,15H,7-8H2,1-2H3. The average Bonchev–Trinajstić information content (AvgIpc) is 2.27. The third-order valence-corrected chi connectivity index (χ3v) is 4.20. The summed E-state index contributed by atoms with van der Waals surface area (Å²) in [4.78, 5) is 0.0962. The number of halogens is 3. The summed E-state index contributed by atoms with van der Waals surface area (Å²) in [6.07, 6.45) is -5.15. The van der Waals surface area contributed by atoms with Crippen molar-refractivity contribution in [2.75, 3.05) is 26.0 Å². The summed E-state index contributed by atoms with van der Waals surface area (Å²) >= 11 is 0. The molecule has 0 aliphatic heterocycles. The molecular weight excluding hydrogens is 281 g/mol. The number of anilines is 1. The molecule has 0 heterocycles. The van der Waals surface area contributed by atoms with E-state index in [0.717, 1.165) is 4.31 Å². The first-order valence-corrected chi connectivity index (χ1v) is 6.90. The van der Waals surface area contributed by atoms with Crippen LogP contribution in [-0.2, 0) is 10.0 Å².